The van der Waals surface area contributed by atoms with E-state index in [4.69, 9.17) is 4.74 Å². The third kappa shape index (κ3) is 5.90. The lowest BCUT2D eigenvalue weighted by Crippen LogP contribution is -2.49. The minimum absolute atomic E-state index is 0.235. The summed E-state index contributed by atoms with van der Waals surface area (Å²) in [5.74, 6) is 0.192. The molecule has 1 atom stereocenters. The van der Waals surface area contributed by atoms with E-state index in [9.17, 15) is 14.4 Å². The molecule has 2 rings (SSSR count). The highest BCUT2D eigenvalue weighted by Crippen LogP contribution is 2.22. The molecule has 2 saturated heterocycles. The molecule has 7 heteroatoms. The second kappa shape index (κ2) is 9.63. The van der Waals surface area contributed by atoms with E-state index in [2.05, 4.69) is 5.32 Å². The number of amides is 3. The molecule has 0 aromatic rings. The first-order valence-electron chi connectivity index (χ1n) is 9.51. The average Bonchev–Trinajstić information content (AvgIpc) is 2.63. The molecule has 0 aromatic carbocycles. The van der Waals surface area contributed by atoms with Gasteiger partial charge < -0.3 is 19.9 Å². The van der Waals surface area contributed by atoms with Crippen LogP contribution in [0.4, 0.5) is 4.79 Å². The Balaban J connectivity index is 1.70. The zero-order valence-corrected chi connectivity index (χ0v) is 15.5. The molecule has 0 aromatic heterocycles. The van der Waals surface area contributed by atoms with Gasteiger partial charge in [0.15, 0.2) is 0 Å². The van der Waals surface area contributed by atoms with Crippen molar-refractivity contribution in [3.05, 3.63) is 0 Å². The average molecular weight is 353 g/mol. The highest BCUT2D eigenvalue weighted by Gasteiger charge is 2.28. The van der Waals surface area contributed by atoms with Crippen LogP contribution < -0.4 is 5.32 Å². The van der Waals surface area contributed by atoms with Crippen molar-refractivity contribution < 1.29 is 19.1 Å². The van der Waals surface area contributed by atoms with Gasteiger partial charge in [0.2, 0.25) is 5.91 Å². The lowest BCUT2D eigenvalue weighted by Gasteiger charge is -2.34. The van der Waals surface area contributed by atoms with Gasteiger partial charge in [-0.1, -0.05) is 0 Å². The normalized spacial score (nSPS) is 20.1. The fraction of sp³-hybridized carbons (Fsp3) is 0.833. The maximum atomic E-state index is 12.3. The Morgan fingerprint density at radius 2 is 1.68 bits per heavy atom. The van der Waals surface area contributed by atoms with Crippen molar-refractivity contribution >= 4 is 17.9 Å². The minimum atomic E-state index is -0.647. The summed E-state index contributed by atoms with van der Waals surface area (Å²) in [6, 6.07) is -0.882. The predicted molar refractivity (Wildman–Crippen MR) is 94.0 cm³/mol. The Labute approximate surface area is 150 Å². The molecule has 0 unspecified atom stereocenters. The third-order valence-corrected chi connectivity index (χ3v) is 5.05. The number of carbonyl (C=O) groups is 3. The van der Waals surface area contributed by atoms with Gasteiger partial charge in [-0.25, -0.2) is 9.59 Å². The largest absolute Gasteiger partial charge is 0.464 e. The molecule has 142 valence electrons. The number of rotatable bonds is 5. The van der Waals surface area contributed by atoms with Crippen LogP contribution in [0.15, 0.2) is 0 Å². The van der Waals surface area contributed by atoms with Crippen LogP contribution in [0.2, 0.25) is 0 Å². The summed E-state index contributed by atoms with van der Waals surface area (Å²) in [6.45, 7) is 6.70. The number of nitrogens with one attached hydrogen (secondary N) is 1. The number of piperidine rings is 2. The molecule has 25 heavy (non-hydrogen) atoms. The molecule has 0 bridgehead atoms. The molecule has 0 spiro atoms. The molecule has 2 aliphatic heterocycles. The summed E-state index contributed by atoms with van der Waals surface area (Å²) in [5, 5.41) is 2.68. The van der Waals surface area contributed by atoms with Crippen molar-refractivity contribution in [2.45, 2.75) is 58.4 Å². The quantitative estimate of drug-likeness (QED) is 0.764. The molecule has 2 aliphatic rings. The van der Waals surface area contributed by atoms with E-state index in [1.54, 1.807) is 18.7 Å². The first-order chi connectivity index (χ1) is 12.0. The Kier molecular flexibility index (Phi) is 7.52. The van der Waals surface area contributed by atoms with Gasteiger partial charge in [0.05, 0.1) is 6.61 Å². The molecular weight excluding hydrogens is 322 g/mol. The maximum Gasteiger partial charge on any atom is 0.328 e. The number of carbonyl (C=O) groups excluding carboxylic acids is 3. The van der Waals surface area contributed by atoms with Crippen molar-refractivity contribution in [3.63, 3.8) is 0 Å². The zero-order valence-electron chi connectivity index (χ0n) is 15.5. The standard InChI is InChI=1S/C18H31N3O4/c1-3-25-17(23)14(2)19-18(24)21-11-7-15(8-12-21)13-16(22)20-9-5-4-6-10-20/h14-15H,3-13H2,1-2H3,(H,19,24)/t14-/m1/s1. The first-order valence-corrected chi connectivity index (χ1v) is 9.51. The summed E-state index contributed by atoms with van der Waals surface area (Å²) in [6.07, 6.45) is 5.71. The van der Waals surface area contributed by atoms with Gasteiger partial charge in [0, 0.05) is 32.6 Å². The topological polar surface area (TPSA) is 79.0 Å². The fourth-order valence-corrected chi connectivity index (χ4v) is 3.46. The molecule has 1 N–H and O–H groups in total. The number of likely N-dealkylation sites (tertiary alicyclic amines) is 2. The van der Waals surface area contributed by atoms with Crippen LogP contribution in [0, 0.1) is 5.92 Å². The van der Waals surface area contributed by atoms with Gasteiger partial charge in [0.1, 0.15) is 6.04 Å². The predicted octanol–water partition coefficient (Wildman–Crippen LogP) is 1.76. The molecular formula is C18H31N3O4. The van der Waals surface area contributed by atoms with Crippen LogP contribution in [-0.4, -0.2) is 66.5 Å². The van der Waals surface area contributed by atoms with E-state index in [0.29, 0.717) is 32.0 Å². The Morgan fingerprint density at radius 1 is 1.04 bits per heavy atom. The van der Waals surface area contributed by atoms with Crippen molar-refractivity contribution in [1.29, 1.82) is 0 Å². The molecule has 2 heterocycles. The Morgan fingerprint density at radius 3 is 2.28 bits per heavy atom. The van der Waals surface area contributed by atoms with Gasteiger partial charge in [-0.05, 0) is 51.9 Å². The number of esters is 1. The van der Waals surface area contributed by atoms with Crippen molar-refractivity contribution in [3.8, 4) is 0 Å². The molecule has 0 radical (unpaired) electrons. The molecule has 0 saturated carbocycles. The summed E-state index contributed by atoms with van der Waals surface area (Å²) in [4.78, 5) is 39.9. The number of hydrogen-bond donors (Lipinski definition) is 1. The van der Waals surface area contributed by atoms with E-state index in [0.717, 1.165) is 38.8 Å². The second-order valence-electron chi connectivity index (χ2n) is 7.00. The first kappa shape index (κ1) is 19.5. The van der Waals surface area contributed by atoms with E-state index in [1.807, 2.05) is 4.90 Å². The van der Waals surface area contributed by atoms with Gasteiger partial charge in [-0.3, -0.25) is 4.79 Å². The van der Waals surface area contributed by atoms with Crippen LogP contribution >= 0.6 is 0 Å². The summed E-state index contributed by atoms with van der Waals surface area (Å²) < 4.78 is 4.90. The molecule has 3 amide bonds. The summed E-state index contributed by atoms with van der Waals surface area (Å²) in [7, 11) is 0. The molecule has 2 fully saturated rings. The van der Waals surface area contributed by atoms with Crippen LogP contribution in [0.5, 0.6) is 0 Å². The Bertz CT molecular complexity index is 469. The lowest BCUT2D eigenvalue weighted by atomic mass is 9.92. The highest BCUT2D eigenvalue weighted by atomic mass is 16.5. The Hall–Kier alpha value is -1.79. The smallest absolute Gasteiger partial charge is 0.328 e. The fourth-order valence-electron chi connectivity index (χ4n) is 3.46. The van der Waals surface area contributed by atoms with Gasteiger partial charge in [-0.2, -0.15) is 0 Å². The minimum Gasteiger partial charge on any atom is -0.464 e. The van der Waals surface area contributed by atoms with Crippen LogP contribution in [-0.2, 0) is 14.3 Å². The maximum absolute atomic E-state index is 12.3. The van der Waals surface area contributed by atoms with Crippen LogP contribution in [0.3, 0.4) is 0 Å². The van der Waals surface area contributed by atoms with Crippen molar-refractivity contribution in [2.75, 3.05) is 32.8 Å². The van der Waals surface area contributed by atoms with E-state index in [1.165, 1.54) is 6.42 Å². The highest BCUT2D eigenvalue weighted by molar-refractivity contribution is 5.83. The second-order valence-corrected chi connectivity index (χ2v) is 7.00. The molecule has 0 aliphatic carbocycles. The van der Waals surface area contributed by atoms with Gasteiger partial charge >= 0.3 is 12.0 Å². The lowest BCUT2D eigenvalue weighted by molar-refractivity contribution is -0.145. The van der Waals surface area contributed by atoms with E-state index < -0.39 is 12.0 Å². The SMILES string of the molecule is CCOC(=O)[C@@H](C)NC(=O)N1CCC(CC(=O)N2CCCCC2)CC1. The van der Waals surface area contributed by atoms with Crippen molar-refractivity contribution in [1.82, 2.24) is 15.1 Å². The van der Waals surface area contributed by atoms with E-state index >= 15 is 0 Å². The van der Waals surface area contributed by atoms with Crippen LogP contribution in [0.25, 0.3) is 0 Å². The number of nitrogens with zero attached hydrogens (tertiary/aromatic N) is 2. The zero-order chi connectivity index (χ0) is 18.2. The summed E-state index contributed by atoms with van der Waals surface area (Å²) in [5.41, 5.74) is 0. The van der Waals surface area contributed by atoms with Crippen molar-refractivity contribution in [2.24, 2.45) is 5.92 Å². The third-order valence-electron chi connectivity index (χ3n) is 5.05. The van der Waals surface area contributed by atoms with E-state index in [-0.39, 0.29) is 11.9 Å². The van der Waals surface area contributed by atoms with Gasteiger partial charge in [0.25, 0.3) is 0 Å². The number of ether oxygens (including phenoxy) is 1. The number of hydrogen-bond acceptors (Lipinski definition) is 4. The summed E-state index contributed by atoms with van der Waals surface area (Å²) >= 11 is 0. The molecule has 7 nitrogen and oxygen atoms in total. The number of urea groups is 1. The van der Waals surface area contributed by atoms with Crippen LogP contribution in [0.1, 0.15) is 52.4 Å². The van der Waals surface area contributed by atoms with Gasteiger partial charge in [-0.15, -0.1) is 0 Å². The monoisotopic (exact) mass is 353 g/mol.